The van der Waals surface area contributed by atoms with Crippen molar-refractivity contribution in [2.75, 3.05) is 11.9 Å². The average molecular weight is 413 g/mol. The maximum atomic E-state index is 12.6. The lowest BCUT2D eigenvalue weighted by atomic mass is 9.86. The normalized spacial score (nSPS) is 20.2. The molecule has 2 rings (SSSR count). The molecule has 1 aliphatic rings. The molecule has 0 aromatic carbocycles. The Balaban J connectivity index is 1.89. The lowest BCUT2D eigenvalue weighted by Gasteiger charge is -2.28. The monoisotopic (exact) mass is 412 g/mol. The van der Waals surface area contributed by atoms with Crippen LogP contribution in [0.4, 0.5) is 5.95 Å². The lowest BCUT2D eigenvalue weighted by Crippen LogP contribution is -2.42. The average Bonchev–Trinajstić information content (AvgIpc) is 2.61. The van der Waals surface area contributed by atoms with Gasteiger partial charge >= 0.3 is 0 Å². The molecule has 9 heteroatoms. The van der Waals surface area contributed by atoms with Gasteiger partial charge in [-0.3, -0.25) is 10.1 Å². The van der Waals surface area contributed by atoms with Crippen molar-refractivity contribution in [2.45, 2.75) is 77.5 Å². The molecule has 0 aliphatic heterocycles. The van der Waals surface area contributed by atoms with Crippen molar-refractivity contribution in [1.29, 1.82) is 0 Å². The molecule has 1 aromatic heterocycles. The first-order valence-electron chi connectivity index (χ1n) is 10.0. The Bertz CT molecular complexity index is 759. The van der Waals surface area contributed by atoms with Gasteiger partial charge in [0.2, 0.25) is 27.8 Å². The van der Waals surface area contributed by atoms with E-state index < -0.39 is 15.3 Å². The molecule has 0 saturated heterocycles. The number of rotatable bonds is 9. The number of amides is 1. The largest absolute Gasteiger partial charge is 0.478 e. The first-order valence-corrected chi connectivity index (χ1v) is 11.6. The van der Waals surface area contributed by atoms with Crippen LogP contribution in [-0.4, -0.2) is 42.2 Å². The van der Waals surface area contributed by atoms with E-state index in [1.165, 1.54) is 0 Å². The van der Waals surface area contributed by atoms with E-state index in [9.17, 15) is 13.2 Å². The third kappa shape index (κ3) is 6.70. The smallest absolute Gasteiger partial charge is 0.232 e. The predicted octanol–water partition coefficient (Wildman–Crippen LogP) is 2.79. The van der Waals surface area contributed by atoms with E-state index in [0.717, 1.165) is 18.5 Å². The highest BCUT2D eigenvalue weighted by atomic mass is 32.2. The fourth-order valence-corrected chi connectivity index (χ4v) is 4.02. The quantitative estimate of drug-likeness (QED) is 0.604. The molecule has 1 amide bonds. The second kappa shape index (κ2) is 10.2. The molecule has 0 spiro atoms. The topological polar surface area (TPSA) is 110 Å². The zero-order valence-electron chi connectivity index (χ0n) is 17.2. The summed E-state index contributed by atoms with van der Waals surface area (Å²) >= 11 is 0. The zero-order chi connectivity index (χ0) is 20.7. The molecule has 1 aliphatic carbocycles. The molecule has 28 heavy (non-hydrogen) atoms. The molecule has 0 radical (unpaired) electrons. The van der Waals surface area contributed by atoms with Crippen molar-refractivity contribution >= 4 is 21.9 Å². The summed E-state index contributed by atoms with van der Waals surface area (Å²) < 4.78 is 32.3. The molecule has 8 nitrogen and oxygen atoms in total. The number of ether oxygens (including phenoxy) is 1. The second-order valence-corrected chi connectivity index (χ2v) is 9.89. The standard InChI is InChI=1S/C19H32N4O4S/c1-5-6-11-27-17-12-14(4)20-19(21-17)22-18(24)15-7-9-16(10-8-15)23-28(25,26)13(2)3/h12-13,15-16,23H,5-11H2,1-4H3,(H,20,21,22,24). The minimum atomic E-state index is -3.29. The van der Waals surface area contributed by atoms with Crippen molar-refractivity contribution in [1.82, 2.24) is 14.7 Å². The molecule has 158 valence electrons. The predicted molar refractivity (Wildman–Crippen MR) is 109 cm³/mol. The third-order valence-corrected chi connectivity index (χ3v) is 6.77. The molecular weight excluding hydrogens is 380 g/mol. The molecule has 0 unspecified atom stereocenters. The highest BCUT2D eigenvalue weighted by Gasteiger charge is 2.29. The van der Waals surface area contributed by atoms with Gasteiger partial charge in [0.15, 0.2) is 0 Å². The van der Waals surface area contributed by atoms with Crippen LogP contribution in [0.15, 0.2) is 6.07 Å². The van der Waals surface area contributed by atoms with Crippen molar-refractivity contribution in [3.8, 4) is 5.88 Å². The van der Waals surface area contributed by atoms with E-state index in [0.29, 0.717) is 38.2 Å². The second-order valence-electron chi connectivity index (χ2n) is 7.62. The number of sulfonamides is 1. The van der Waals surface area contributed by atoms with E-state index in [2.05, 4.69) is 26.9 Å². The van der Waals surface area contributed by atoms with Gasteiger partial charge in [0.05, 0.1) is 11.9 Å². The molecule has 1 heterocycles. The minimum Gasteiger partial charge on any atom is -0.478 e. The highest BCUT2D eigenvalue weighted by molar-refractivity contribution is 7.90. The number of unbranched alkanes of at least 4 members (excludes halogenated alkanes) is 1. The molecule has 2 N–H and O–H groups in total. The van der Waals surface area contributed by atoms with E-state index in [1.54, 1.807) is 19.9 Å². The number of carbonyl (C=O) groups is 1. The molecule has 1 aromatic rings. The lowest BCUT2D eigenvalue weighted by molar-refractivity contribution is -0.120. The fraction of sp³-hybridized carbons (Fsp3) is 0.737. The number of nitrogens with one attached hydrogen (secondary N) is 2. The van der Waals surface area contributed by atoms with Crippen LogP contribution >= 0.6 is 0 Å². The fourth-order valence-electron chi connectivity index (χ4n) is 3.04. The van der Waals surface area contributed by atoms with Gasteiger partial charge in [-0.25, -0.2) is 18.1 Å². The minimum absolute atomic E-state index is 0.106. The first kappa shape index (κ1) is 22.5. The molecule has 0 bridgehead atoms. The number of carbonyl (C=O) groups excluding carboxylic acids is 1. The Morgan fingerprint density at radius 1 is 1.25 bits per heavy atom. The van der Waals surface area contributed by atoms with E-state index in [-0.39, 0.29) is 23.8 Å². The third-order valence-electron chi connectivity index (χ3n) is 4.86. The van der Waals surface area contributed by atoms with Crippen LogP contribution in [0.3, 0.4) is 0 Å². The molecule has 1 saturated carbocycles. The van der Waals surface area contributed by atoms with Gasteiger partial charge < -0.3 is 4.74 Å². The van der Waals surface area contributed by atoms with Crippen LogP contribution in [0.1, 0.15) is 65.0 Å². The van der Waals surface area contributed by atoms with Gasteiger partial charge in [-0.05, 0) is 52.9 Å². The number of hydrogen-bond donors (Lipinski definition) is 2. The van der Waals surface area contributed by atoms with Crippen molar-refractivity contribution in [3.05, 3.63) is 11.8 Å². The molecular formula is C19H32N4O4S. The Labute approximate surface area is 167 Å². The highest BCUT2D eigenvalue weighted by Crippen LogP contribution is 2.26. The van der Waals surface area contributed by atoms with Crippen LogP contribution < -0.4 is 14.8 Å². The summed E-state index contributed by atoms with van der Waals surface area (Å²) in [7, 11) is -3.29. The maximum absolute atomic E-state index is 12.6. The summed E-state index contributed by atoms with van der Waals surface area (Å²) in [4.78, 5) is 21.1. The van der Waals surface area contributed by atoms with Crippen molar-refractivity contribution < 1.29 is 17.9 Å². The maximum Gasteiger partial charge on any atom is 0.232 e. The van der Waals surface area contributed by atoms with Crippen LogP contribution in [0.5, 0.6) is 5.88 Å². The van der Waals surface area contributed by atoms with Crippen molar-refractivity contribution in [2.24, 2.45) is 5.92 Å². The number of nitrogens with zero attached hydrogens (tertiary/aromatic N) is 2. The van der Waals surface area contributed by atoms with Gasteiger partial charge in [-0.2, -0.15) is 4.98 Å². The summed E-state index contributed by atoms with van der Waals surface area (Å²) in [6.45, 7) is 7.81. The number of aryl methyl sites for hydroxylation is 1. The van der Waals surface area contributed by atoms with E-state index >= 15 is 0 Å². The van der Waals surface area contributed by atoms with Gasteiger partial charge in [0.25, 0.3) is 0 Å². The van der Waals surface area contributed by atoms with Gasteiger partial charge in [0, 0.05) is 23.7 Å². The molecule has 1 fully saturated rings. The van der Waals surface area contributed by atoms with Gasteiger partial charge in [-0.15, -0.1) is 0 Å². The number of aromatic nitrogens is 2. The van der Waals surface area contributed by atoms with Crippen LogP contribution in [0.2, 0.25) is 0 Å². The number of anilines is 1. The Morgan fingerprint density at radius 3 is 2.54 bits per heavy atom. The van der Waals surface area contributed by atoms with Gasteiger partial charge in [0.1, 0.15) is 0 Å². The van der Waals surface area contributed by atoms with Crippen LogP contribution in [-0.2, 0) is 14.8 Å². The zero-order valence-corrected chi connectivity index (χ0v) is 18.0. The summed E-state index contributed by atoms with van der Waals surface area (Å²) in [6.07, 6.45) is 4.51. The Kier molecular flexibility index (Phi) is 8.18. The number of hydrogen-bond acceptors (Lipinski definition) is 6. The summed E-state index contributed by atoms with van der Waals surface area (Å²) in [5.41, 5.74) is 0.726. The van der Waals surface area contributed by atoms with E-state index in [1.807, 2.05) is 6.92 Å². The SMILES string of the molecule is CCCCOc1cc(C)nc(NC(=O)C2CCC(NS(=O)(=O)C(C)C)CC2)n1. The Hall–Kier alpha value is -1.74. The first-order chi connectivity index (χ1) is 13.2. The summed E-state index contributed by atoms with van der Waals surface area (Å²) in [5, 5.41) is 2.33. The van der Waals surface area contributed by atoms with Crippen LogP contribution in [0.25, 0.3) is 0 Å². The van der Waals surface area contributed by atoms with Crippen LogP contribution in [0, 0.1) is 12.8 Å². The Morgan fingerprint density at radius 2 is 1.93 bits per heavy atom. The summed E-state index contributed by atoms with van der Waals surface area (Å²) in [6, 6.07) is 1.64. The van der Waals surface area contributed by atoms with Gasteiger partial charge in [-0.1, -0.05) is 13.3 Å². The summed E-state index contributed by atoms with van der Waals surface area (Å²) in [5.74, 6) is 0.408. The van der Waals surface area contributed by atoms with E-state index in [4.69, 9.17) is 4.74 Å². The van der Waals surface area contributed by atoms with Crippen molar-refractivity contribution in [3.63, 3.8) is 0 Å². The molecule has 0 atom stereocenters.